The first-order valence-corrected chi connectivity index (χ1v) is 5.04. The van der Waals surface area contributed by atoms with Gasteiger partial charge in [0.15, 0.2) is 11.7 Å². The Bertz CT molecular complexity index is 542. The second-order valence-corrected chi connectivity index (χ2v) is 3.22. The number of amides is 1. The smallest absolute Gasteiger partial charge is 0.287 e. The fourth-order valence-corrected chi connectivity index (χ4v) is 1.33. The summed E-state index contributed by atoms with van der Waals surface area (Å²) in [4.78, 5) is 15.1. The third-order valence-corrected chi connectivity index (χ3v) is 1.99. The number of nitrogens with zero attached hydrogens (tertiary/aromatic N) is 2. The van der Waals surface area contributed by atoms with Gasteiger partial charge in [0.1, 0.15) is 17.4 Å². The van der Waals surface area contributed by atoms with Gasteiger partial charge in [-0.2, -0.15) is 10.3 Å². The molecule has 0 aromatic heterocycles. The van der Waals surface area contributed by atoms with Gasteiger partial charge in [-0.15, -0.1) is 0 Å². The number of nitriles is 1. The average Bonchev–Trinajstić information content (AvgIpc) is 2.28. The number of hydrogen-bond acceptors (Lipinski definition) is 4. The molecule has 0 spiro atoms. The molecule has 1 amide bonds. The molecule has 7 heteroatoms. The third kappa shape index (κ3) is 2.68. The monoisotopic (exact) mass is 248 g/mol. The summed E-state index contributed by atoms with van der Waals surface area (Å²) < 4.78 is 5.19. The van der Waals surface area contributed by atoms with Crippen molar-refractivity contribution in [1.29, 1.82) is 5.26 Å². The number of phenolic OH excluding ortho intramolecular Hbond substituents is 1. The molecule has 0 radical (unpaired) electrons. The Labute approximate surface area is 103 Å². The normalized spacial score (nSPS) is 9.33. The van der Waals surface area contributed by atoms with E-state index in [1.807, 2.05) is 6.07 Å². The average molecular weight is 248 g/mol. The van der Waals surface area contributed by atoms with E-state index in [1.54, 1.807) is 6.92 Å². The molecule has 94 valence electrons. The fourth-order valence-electron chi connectivity index (χ4n) is 1.33. The van der Waals surface area contributed by atoms with Gasteiger partial charge >= 0.3 is 0 Å². The summed E-state index contributed by atoms with van der Waals surface area (Å²) in [6.45, 7) is 1.90. The molecule has 0 saturated heterocycles. The number of aromatic hydroxyl groups is 1. The Morgan fingerprint density at radius 1 is 1.56 bits per heavy atom. The largest absolute Gasteiger partial charge is 0.507 e. The summed E-state index contributed by atoms with van der Waals surface area (Å²) in [6, 6.07) is 4.40. The van der Waals surface area contributed by atoms with E-state index in [4.69, 9.17) is 21.5 Å². The van der Waals surface area contributed by atoms with E-state index < -0.39 is 11.9 Å². The van der Waals surface area contributed by atoms with Gasteiger partial charge in [-0.05, 0) is 19.1 Å². The maximum absolute atomic E-state index is 11.7. The Kier molecular flexibility index (Phi) is 4.10. The minimum atomic E-state index is -0.868. The van der Waals surface area contributed by atoms with E-state index in [-0.39, 0.29) is 29.2 Å². The molecule has 0 heterocycles. The van der Waals surface area contributed by atoms with Crippen LogP contribution in [-0.2, 0) is 0 Å². The van der Waals surface area contributed by atoms with Crippen LogP contribution >= 0.6 is 0 Å². The molecule has 0 aliphatic carbocycles. The van der Waals surface area contributed by atoms with Crippen molar-refractivity contribution in [3.63, 3.8) is 0 Å². The quantitative estimate of drug-likeness (QED) is 0.512. The minimum Gasteiger partial charge on any atom is -0.507 e. The lowest BCUT2D eigenvalue weighted by Gasteiger charge is -2.10. The van der Waals surface area contributed by atoms with Crippen LogP contribution < -0.4 is 16.2 Å². The topological polar surface area (TPSA) is 135 Å². The van der Waals surface area contributed by atoms with Crippen molar-refractivity contribution in [2.45, 2.75) is 6.92 Å². The van der Waals surface area contributed by atoms with Crippen LogP contribution in [0.3, 0.4) is 0 Å². The number of benzene rings is 1. The highest BCUT2D eigenvalue weighted by Crippen LogP contribution is 2.32. The van der Waals surface area contributed by atoms with Gasteiger partial charge in [-0.25, -0.2) is 0 Å². The summed E-state index contributed by atoms with van der Waals surface area (Å²) in [5.74, 6) is -1.69. The first-order valence-electron chi connectivity index (χ1n) is 5.04. The number of guanidine groups is 1. The molecule has 18 heavy (non-hydrogen) atoms. The first-order chi connectivity index (χ1) is 8.51. The van der Waals surface area contributed by atoms with Gasteiger partial charge in [-0.1, -0.05) is 0 Å². The molecule has 0 unspecified atom stereocenters. The van der Waals surface area contributed by atoms with Crippen LogP contribution in [0.2, 0.25) is 0 Å². The van der Waals surface area contributed by atoms with Crippen LogP contribution in [0, 0.1) is 11.3 Å². The zero-order chi connectivity index (χ0) is 13.7. The lowest BCUT2D eigenvalue weighted by Crippen LogP contribution is -2.24. The summed E-state index contributed by atoms with van der Waals surface area (Å²) in [6.07, 6.45) is 0. The van der Waals surface area contributed by atoms with Crippen LogP contribution in [-0.4, -0.2) is 23.6 Å². The zero-order valence-corrected chi connectivity index (χ0v) is 9.67. The van der Waals surface area contributed by atoms with E-state index in [9.17, 15) is 9.90 Å². The number of hydrogen-bond donors (Lipinski definition) is 3. The summed E-state index contributed by atoms with van der Waals surface area (Å²) >= 11 is 0. The number of aliphatic imine (C=N–C) groups is 1. The molecular weight excluding hydrogens is 236 g/mol. The van der Waals surface area contributed by atoms with Crippen molar-refractivity contribution in [3.05, 3.63) is 23.3 Å². The molecule has 0 aliphatic heterocycles. The predicted octanol–water partition coefficient (Wildman–Crippen LogP) is 0.0762. The Hall–Kier alpha value is -2.75. The van der Waals surface area contributed by atoms with Crippen LogP contribution in [0.5, 0.6) is 11.5 Å². The maximum atomic E-state index is 11.7. The summed E-state index contributed by atoms with van der Waals surface area (Å²) in [5.41, 5.74) is 10.1. The minimum absolute atomic E-state index is 0.0324. The van der Waals surface area contributed by atoms with Crippen molar-refractivity contribution in [1.82, 2.24) is 0 Å². The zero-order valence-electron chi connectivity index (χ0n) is 9.67. The molecule has 1 aromatic carbocycles. The van der Waals surface area contributed by atoms with Crippen LogP contribution in [0.1, 0.15) is 22.8 Å². The van der Waals surface area contributed by atoms with E-state index in [0.717, 1.165) is 0 Å². The second kappa shape index (κ2) is 5.54. The first kappa shape index (κ1) is 13.3. The highest BCUT2D eigenvalue weighted by Gasteiger charge is 2.21. The lowest BCUT2D eigenvalue weighted by atomic mass is 10.1. The SMILES string of the molecule is CCOc1c(C#N)ccc(O)c1C(=O)N=C(N)N. The fraction of sp³-hybridized carbons (Fsp3) is 0.182. The Morgan fingerprint density at radius 2 is 2.22 bits per heavy atom. The van der Waals surface area contributed by atoms with E-state index in [2.05, 4.69) is 4.99 Å². The van der Waals surface area contributed by atoms with Crippen LogP contribution in [0.15, 0.2) is 17.1 Å². The number of carbonyl (C=O) groups is 1. The highest BCUT2D eigenvalue weighted by molar-refractivity contribution is 6.06. The Balaban J connectivity index is 3.45. The molecule has 1 rings (SSSR count). The van der Waals surface area contributed by atoms with Crippen molar-refractivity contribution in [2.24, 2.45) is 16.5 Å². The van der Waals surface area contributed by atoms with Crippen LogP contribution in [0.4, 0.5) is 0 Å². The number of ether oxygens (including phenoxy) is 1. The van der Waals surface area contributed by atoms with Crippen molar-refractivity contribution in [3.8, 4) is 17.6 Å². The Morgan fingerprint density at radius 3 is 2.72 bits per heavy atom. The van der Waals surface area contributed by atoms with Crippen LogP contribution in [0.25, 0.3) is 0 Å². The van der Waals surface area contributed by atoms with Gasteiger partial charge in [0.2, 0.25) is 0 Å². The van der Waals surface area contributed by atoms with E-state index in [1.165, 1.54) is 12.1 Å². The molecule has 5 N–H and O–H groups in total. The molecule has 7 nitrogen and oxygen atoms in total. The molecule has 0 atom stereocenters. The summed E-state index contributed by atoms with van der Waals surface area (Å²) in [7, 11) is 0. The molecule has 0 fully saturated rings. The van der Waals surface area contributed by atoms with Gasteiger partial charge in [-0.3, -0.25) is 4.79 Å². The number of carbonyl (C=O) groups excluding carboxylic acids is 1. The molecule has 1 aromatic rings. The predicted molar refractivity (Wildman–Crippen MR) is 64.1 cm³/mol. The number of phenols is 1. The maximum Gasteiger partial charge on any atom is 0.287 e. The lowest BCUT2D eigenvalue weighted by molar-refractivity contribution is 0.0996. The van der Waals surface area contributed by atoms with Crippen molar-refractivity contribution >= 4 is 11.9 Å². The molecule has 0 bridgehead atoms. The second-order valence-electron chi connectivity index (χ2n) is 3.22. The van der Waals surface area contributed by atoms with E-state index >= 15 is 0 Å². The number of rotatable bonds is 3. The van der Waals surface area contributed by atoms with Crippen molar-refractivity contribution in [2.75, 3.05) is 6.61 Å². The molecule has 0 saturated carbocycles. The van der Waals surface area contributed by atoms with Gasteiger partial charge in [0.25, 0.3) is 5.91 Å². The third-order valence-electron chi connectivity index (χ3n) is 1.99. The van der Waals surface area contributed by atoms with Gasteiger partial charge in [0, 0.05) is 0 Å². The van der Waals surface area contributed by atoms with Gasteiger partial charge in [0.05, 0.1) is 12.2 Å². The molecule has 0 aliphatic rings. The van der Waals surface area contributed by atoms with Gasteiger partial charge < -0.3 is 21.3 Å². The number of nitrogens with two attached hydrogens (primary N) is 2. The highest BCUT2D eigenvalue weighted by atomic mass is 16.5. The standard InChI is InChI=1S/C11H12N4O3/c1-2-18-9-6(5-12)3-4-7(16)8(9)10(17)15-11(13)14/h3-4,16H,2H2,1H3,(H4,13,14,15,17). The van der Waals surface area contributed by atoms with E-state index in [0.29, 0.717) is 0 Å². The van der Waals surface area contributed by atoms with Crippen molar-refractivity contribution < 1.29 is 14.6 Å². The molecular formula is C11H12N4O3. The summed E-state index contributed by atoms with van der Waals surface area (Å²) in [5, 5.41) is 18.6.